The predicted molar refractivity (Wildman–Crippen MR) is 53.1 cm³/mol. The highest BCUT2D eigenvalue weighted by Gasteiger charge is 2.20. The topological polar surface area (TPSA) is 0 Å². The van der Waals surface area contributed by atoms with Crippen molar-refractivity contribution in [3.8, 4) is 0 Å². The molecule has 1 aromatic rings. The smallest absolute Gasteiger partial charge is 0.418 e. The second-order valence-electron chi connectivity index (χ2n) is 2.68. The molecule has 0 amide bonds. The van der Waals surface area contributed by atoms with Crippen LogP contribution < -0.4 is 0 Å². The van der Waals surface area contributed by atoms with Crippen LogP contribution in [0.25, 0.3) is 0 Å². The first-order valence-electron chi connectivity index (χ1n) is 4.33. The molecule has 0 bridgehead atoms. The van der Waals surface area contributed by atoms with Crippen molar-refractivity contribution in [2.24, 2.45) is 0 Å². The third-order valence-corrected chi connectivity index (χ3v) is 2.29. The van der Waals surface area contributed by atoms with Gasteiger partial charge in [-0.25, -0.2) is 0 Å². The van der Waals surface area contributed by atoms with Crippen LogP contribution >= 0.6 is 11.3 Å². The molecule has 0 unspecified atom stereocenters. The van der Waals surface area contributed by atoms with Gasteiger partial charge in [-0.3, -0.25) is 0 Å². The lowest BCUT2D eigenvalue weighted by atomic mass is 10.2. The van der Waals surface area contributed by atoms with Crippen molar-refractivity contribution in [1.82, 2.24) is 0 Å². The molecule has 0 aromatic carbocycles. The zero-order valence-corrected chi connectivity index (χ0v) is 8.67. The molecule has 14 heavy (non-hydrogen) atoms. The van der Waals surface area contributed by atoms with Crippen LogP contribution in [0, 0.1) is 0 Å². The lowest BCUT2D eigenvalue weighted by Gasteiger charge is -1.94. The Balaban J connectivity index is 0.000000292. The lowest BCUT2D eigenvalue weighted by molar-refractivity contribution is 0.368. The molecule has 0 radical (unpaired) electrons. The first-order valence-corrected chi connectivity index (χ1v) is 5.21. The van der Waals surface area contributed by atoms with Gasteiger partial charge in [-0.2, -0.15) is 0 Å². The summed E-state index contributed by atoms with van der Waals surface area (Å²) in [7, 11) is -6.00. The SMILES string of the molecule is CCCCc1cccs1.F[B-](F)(F)F. The second-order valence-corrected chi connectivity index (χ2v) is 3.71. The summed E-state index contributed by atoms with van der Waals surface area (Å²) in [6.45, 7) is 2.23. The first-order chi connectivity index (χ1) is 6.43. The van der Waals surface area contributed by atoms with E-state index in [9.17, 15) is 17.3 Å². The monoisotopic (exact) mass is 227 g/mol. The van der Waals surface area contributed by atoms with Gasteiger partial charge in [0.05, 0.1) is 0 Å². The molecule has 0 spiro atoms. The molecule has 1 heterocycles. The summed E-state index contributed by atoms with van der Waals surface area (Å²) in [5.74, 6) is 0. The molecule has 6 heteroatoms. The Morgan fingerprint density at radius 2 is 1.86 bits per heavy atom. The van der Waals surface area contributed by atoms with Crippen LogP contribution in [0.3, 0.4) is 0 Å². The molecule has 1 rings (SSSR count). The molecule has 1 aromatic heterocycles. The molecular weight excluding hydrogens is 215 g/mol. The quantitative estimate of drug-likeness (QED) is 0.530. The fourth-order valence-corrected chi connectivity index (χ4v) is 1.56. The van der Waals surface area contributed by atoms with E-state index in [1.165, 1.54) is 24.1 Å². The first kappa shape index (κ1) is 13.5. The van der Waals surface area contributed by atoms with Crippen LogP contribution in [0.2, 0.25) is 0 Å². The molecule has 0 aliphatic carbocycles. The van der Waals surface area contributed by atoms with Gasteiger partial charge in [-0.15, -0.1) is 11.3 Å². The number of hydrogen-bond donors (Lipinski definition) is 0. The molecule has 0 N–H and O–H groups in total. The fraction of sp³-hybridized carbons (Fsp3) is 0.500. The maximum atomic E-state index is 9.75. The van der Waals surface area contributed by atoms with Crippen molar-refractivity contribution >= 4 is 18.6 Å². The van der Waals surface area contributed by atoms with Crippen molar-refractivity contribution in [1.29, 1.82) is 0 Å². The van der Waals surface area contributed by atoms with E-state index < -0.39 is 7.25 Å². The van der Waals surface area contributed by atoms with Crippen LogP contribution in [0.5, 0.6) is 0 Å². The molecule has 0 fully saturated rings. The Kier molecular flexibility index (Phi) is 6.62. The number of aryl methyl sites for hydroxylation is 1. The summed E-state index contributed by atoms with van der Waals surface area (Å²) in [5.41, 5.74) is 0. The highest BCUT2D eigenvalue weighted by atomic mass is 32.1. The summed E-state index contributed by atoms with van der Waals surface area (Å²) in [6.07, 6.45) is 3.91. The average Bonchev–Trinajstić information content (AvgIpc) is 2.49. The normalized spacial score (nSPS) is 10.6. The summed E-state index contributed by atoms with van der Waals surface area (Å²) < 4.78 is 39.0. The van der Waals surface area contributed by atoms with Crippen LogP contribution in [0.1, 0.15) is 24.6 Å². The molecule has 0 atom stereocenters. The van der Waals surface area contributed by atoms with Crippen molar-refractivity contribution in [3.63, 3.8) is 0 Å². The van der Waals surface area contributed by atoms with Gasteiger partial charge in [0.1, 0.15) is 0 Å². The van der Waals surface area contributed by atoms with Crippen molar-refractivity contribution < 1.29 is 17.3 Å². The lowest BCUT2D eigenvalue weighted by Crippen LogP contribution is -2.02. The van der Waals surface area contributed by atoms with E-state index in [4.69, 9.17) is 0 Å². The van der Waals surface area contributed by atoms with Gasteiger partial charge in [-0.05, 0) is 24.3 Å². The van der Waals surface area contributed by atoms with E-state index in [-0.39, 0.29) is 0 Å². The number of hydrogen-bond acceptors (Lipinski definition) is 1. The zero-order valence-electron chi connectivity index (χ0n) is 7.85. The van der Waals surface area contributed by atoms with Crippen LogP contribution in [-0.2, 0) is 6.42 Å². The molecule has 0 saturated heterocycles. The molecule has 0 saturated carbocycles. The maximum absolute atomic E-state index is 9.75. The third-order valence-electron chi connectivity index (χ3n) is 1.36. The minimum atomic E-state index is -6.00. The van der Waals surface area contributed by atoms with E-state index in [0.717, 1.165) is 0 Å². The van der Waals surface area contributed by atoms with Gasteiger partial charge >= 0.3 is 7.25 Å². The highest BCUT2D eigenvalue weighted by Crippen LogP contribution is 2.11. The van der Waals surface area contributed by atoms with Crippen molar-refractivity contribution in [3.05, 3.63) is 22.4 Å². The van der Waals surface area contributed by atoms with Gasteiger partial charge in [-0.1, -0.05) is 19.4 Å². The van der Waals surface area contributed by atoms with Gasteiger partial charge in [0, 0.05) is 4.88 Å². The highest BCUT2D eigenvalue weighted by molar-refractivity contribution is 7.09. The van der Waals surface area contributed by atoms with Crippen molar-refractivity contribution in [2.45, 2.75) is 26.2 Å². The minimum absolute atomic E-state index is 1.27. The Morgan fingerprint density at radius 1 is 1.29 bits per heavy atom. The van der Waals surface area contributed by atoms with E-state index in [1.54, 1.807) is 0 Å². The van der Waals surface area contributed by atoms with Gasteiger partial charge in [0.25, 0.3) is 0 Å². The molecule has 82 valence electrons. The molecule has 0 aliphatic rings. The third kappa shape index (κ3) is 11.5. The Morgan fingerprint density at radius 3 is 2.21 bits per heavy atom. The largest absolute Gasteiger partial charge is 0.673 e. The van der Waals surface area contributed by atoms with Crippen LogP contribution in [0.15, 0.2) is 17.5 Å². The maximum Gasteiger partial charge on any atom is 0.673 e. The number of halogens is 4. The summed E-state index contributed by atoms with van der Waals surface area (Å²) in [5, 5.41) is 2.14. The summed E-state index contributed by atoms with van der Waals surface area (Å²) in [4.78, 5) is 1.52. The average molecular weight is 227 g/mol. The zero-order chi connectivity index (χ0) is 11.0. The molecular formula is C8H12BF4S-. The van der Waals surface area contributed by atoms with Gasteiger partial charge in [0.15, 0.2) is 0 Å². The van der Waals surface area contributed by atoms with E-state index in [2.05, 4.69) is 24.4 Å². The number of thiophene rings is 1. The number of rotatable bonds is 3. The predicted octanol–water partition coefficient (Wildman–Crippen LogP) is 4.39. The molecule has 0 nitrogen and oxygen atoms in total. The van der Waals surface area contributed by atoms with Crippen LogP contribution in [-0.4, -0.2) is 7.25 Å². The van der Waals surface area contributed by atoms with Gasteiger partial charge in [0.2, 0.25) is 0 Å². The van der Waals surface area contributed by atoms with Crippen molar-refractivity contribution in [2.75, 3.05) is 0 Å². The summed E-state index contributed by atoms with van der Waals surface area (Å²) in [6, 6.07) is 4.33. The standard InChI is InChI=1S/C8H12S.BF4/c1-2-3-5-8-6-4-7-9-8;2-1(3,4)5/h4,6-7H,2-3,5H2,1H3;/q;-1. The number of unbranched alkanes of at least 4 members (excludes halogenated alkanes) is 1. The van der Waals surface area contributed by atoms with Crippen LogP contribution in [0.4, 0.5) is 17.3 Å². The Labute approximate surface area is 85.1 Å². The fourth-order valence-electron chi connectivity index (χ4n) is 0.806. The molecule has 0 aliphatic heterocycles. The summed E-state index contributed by atoms with van der Waals surface area (Å²) >= 11 is 1.86. The Bertz CT molecular complexity index is 214. The van der Waals surface area contributed by atoms with E-state index in [1.807, 2.05) is 11.3 Å². The van der Waals surface area contributed by atoms with E-state index >= 15 is 0 Å². The van der Waals surface area contributed by atoms with Gasteiger partial charge < -0.3 is 17.3 Å². The second kappa shape index (κ2) is 6.87. The van der Waals surface area contributed by atoms with E-state index in [0.29, 0.717) is 0 Å². The minimum Gasteiger partial charge on any atom is -0.418 e. The Hall–Kier alpha value is -0.515.